The second-order valence-corrected chi connectivity index (χ2v) is 6.49. The van der Waals surface area contributed by atoms with Gasteiger partial charge in [0.25, 0.3) is 10.0 Å². The summed E-state index contributed by atoms with van der Waals surface area (Å²) in [5.74, 6) is 0. The maximum atomic E-state index is 11.9. The molecule has 16 heavy (non-hydrogen) atoms. The fourth-order valence-electron chi connectivity index (χ4n) is 1.84. The van der Waals surface area contributed by atoms with Crippen LogP contribution in [0.5, 0.6) is 0 Å². The van der Waals surface area contributed by atoms with Crippen LogP contribution in [-0.2, 0) is 10.0 Å². The fraction of sp³-hybridized carbons (Fsp3) is 0.500. The molecule has 1 saturated carbocycles. The van der Waals surface area contributed by atoms with Gasteiger partial charge in [-0.25, -0.2) is 18.1 Å². The molecule has 1 aromatic rings. The van der Waals surface area contributed by atoms with Gasteiger partial charge in [-0.05, 0) is 40.9 Å². The molecule has 6 heteroatoms. The molecule has 1 aliphatic carbocycles. The second-order valence-electron chi connectivity index (χ2n) is 3.92. The van der Waals surface area contributed by atoms with Crippen LogP contribution in [0.2, 0.25) is 0 Å². The minimum absolute atomic E-state index is 0.0791. The number of nitrogens with zero attached hydrogens (tertiary/aromatic N) is 1. The first kappa shape index (κ1) is 12.0. The minimum Gasteiger partial charge on any atom is -0.242 e. The molecule has 0 saturated heterocycles. The zero-order chi connectivity index (χ0) is 11.6. The molecular weight excluding hydrogens is 292 g/mol. The van der Waals surface area contributed by atoms with E-state index in [2.05, 4.69) is 25.6 Å². The summed E-state index contributed by atoms with van der Waals surface area (Å²) in [5.41, 5.74) is 0. The Bertz CT molecular complexity index is 452. The van der Waals surface area contributed by atoms with Gasteiger partial charge in [0.05, 0.1) is 0 Å². The number of sulfonamides is 1. The van der Waals surface area contributed by atoms with Crippen LogP contribution < -0.4 is 4.72 Å². The van der Waals surface area contributed by atoms with Gasteiger partial charge < -0.3 is 0 Å². The Morgan fingerprint density at radius 1 is 1.31 bits per heavy atom. The SMILES string of the molecule is O=S(=O)(NC1CCCC1)c1ccc(Br)cn1. The number of aromatic nitrogens is 1. The molecule has 0 amide bonds. The molecule has 4 nitrogen and oxygen atoms in total. The van der Waals surface area contributed by atoms with E-state index in [9.17, 15) is 8.42 Å². The molecule has 1 N–H and O–H groups in total. The van der Waals surface area contributed by atoms with Crippen molar-refractivity contribution in [2.24, 2.45) is 0 Å². The Kier molecular flexibility index (Phi) is 3.61. The average Bonchev–Trinajstić information content (AvgIpc) is 2.70. The van der Waals surface area contributed by atoms with Crippen molar-refractivity contribution in [2.45, 2.75) is 36.8 Å². The van der Waals surface area contributed by atoms with Crippen molar-refractivity contribution in [1.82, 2.24) is 9.71 Å². The fourth-order valence-corrected chi connectivity index (χ4v) is 3.31. The molecular formula is C10H13BrN2O2S. The predicted octanol–water partition coefficient (Wildman–Crippen LogP) is 2.06. The summed E-state index contributed by atoms with van der Waals surface area (Å²) < 4.78 is 27.3. The van der Waals surface area contributed by atoms with E-state index >= 15 is 0 Å². The van der Waals surface area contributed by atoms with E-state index < -0.39 is 10.0 Å². The van der Waals surface area contributed by atoms with E-state index in [1.54, 1.807) is 6.07 Å². The van der Waals surface area contributed by atoms with Crippen molar-refractivity contribution >= 4 is 26.0 Å². The highest BCUT2D eigenvalue weighted by atomic mass is 79.9. The Hall–Kier alpha value is -0.460. The maximum Gasteiger partial charge on any atom is 0.258 e. The lowest BCUT2D eigenvalue weighted by Crippen LogP contribution is -2.33. The third kappa shape index (κ3) is 2.81. The van der Waals surface area contributed by atoms with E-state index in [4.69, 9.17) is 0 Å². The van der Waals surface area contributed by atoms with Crippen molar-refractivity contribution in [3.63, 3.8) is 0 Å². The normalized spacial score (nSPS) is 17.8. The summed E-state index contributed by atoms with van der Waals surface area (Å²) in [6.45, 7) is 0. The third-order valence-corrected chi connectivity index (χ3v) is 4.56. The summed E-state index contributed by atoms with van der Waals surface area (Å²) in [6.07, 6.45) is 5.54. The Labute approximate surface area is 104 Å². The van der Waals surface area contributed by atoms with Crippen molar-refractivity contribution in [1.29, 1.82) is 0 Å². The zero-order valence-corrected chi connectivity index (χ0v) is 11.1. The average molecular weight is 305 g/mol. The second kappa shape index (κ2) is 4.81. The largest absolute Gasteiger partial charge is 0.258 e. The smallest absolute Gasteiger partial charge is 0.242 e. The van der Waals surface area contributed by atoms with Crippen LogP contribution in [0.15, 0.2) is 27.8 Å². The quantitative estimate of drug-likeness (QED) is 0.930. The molecule has 1 fully saturated rings. The summed E-state index contributed by atoms with van der Waals surface area (Å²) in [7, 11) is -3.44. The number of nitrogens with one attached hydrogen (secondary N) is 1. The molecule has 88 valence electrons. The Balaban J connectivity index is 2.14. The summed E-state index contributed by atoms with van der Waals surface area (Å²) in [5, 5.41) is 0.0857. The molecule has 1 aromatic heterocycles. The topological polar surface area (TPSA) is 59.1 Å². The molecule has 0 aliphatic heterocycles. The molecule has 0 aromatic carbocycles. The van der Waals surface area contributed by atoms with Crippen LogP contribution in [0, 0.1) is 0 Å². The van der Waals surface area contributed by atoms with E-state index in [1.807, 2.05) is 0 Å². The van der Waals surface area contributed by atoms with Gasteiger partial charge in [0.15, 0.2) is 5.03 Å². The standard InChI is InChI=1S/C10H13BrN2O2S/c11-8-5-6-10(12-7-8)16(14,15)13-9-3-1-2-4-9/h5-7,9,13H,1-4H2. The predicted molar refractivity (Wildman–Crippen MR) is 64.5 cm³/mol. The van der Waals surface area contributed by atoms with Crippen LogP contribution in [0.25, 0.3) is 0 Å². The van der Waals surface area contributed by atoms with Crippen molar-refractivity contribution < 1.29 is 8.42 Å². The first-order valence-electron chi connectivity index (χ1n) is 5.22. The lowest BCUT2D eigenvalue weighted by Gasteiger charge is -2.11. The van der Waals surface area contributed by atoms with Gasteiger partial charge in [-0.3, -0.25) is 0 Å². The molecule has 1 heterocycles. The Morgan fingerprint density at radius 2 is 2.00 bits per heavy atom. The van der Waals surface area contributed by atoms with E-state index in [1.165, 1.54) is 12.3 Å². The Morgan fingerprint density at radius 3 is 2.56 bits per heavy atom. The number of halogens is 1. The summed E-state index contributed by atoms with van der Waals surface area (Å²) >= 11 is 3.22. The highest BCUT2D eigenvalue weighted by Gasteiger charge is 2.23. The highest BCUT2D eigenvalue weighted by molar-refractivity contribution is 9.10. The molecule has 0 atom stereocenters. The molecule has 2 rings (SSSR count). The van der Waals surface area contributed by atoms with Gasteiger partial charge in [-0.15, -0.1) is 0 Å². The van der Waals surface area contributed by atoms with Crippen LogP contribution in [-0.4, -0.2) is 19.4 Å². The van der Waals surface area contributed by atoms with Crippen molar-refractivity contribution in [3.8, 4) is 0 Å². The highest BCUT2D eigenvalue weighted by Crippen LogP contribution is 2.20. The van der Waals surface area contributed by atoms with Crippen LogP contribution in [0.1, 0.15) is 25.7 Å². The van der Waals surface area contributed by atoms with Gasteiger partial charge in [-0.2, -0.15) is 0 Å². The number of hydrogen-bond acceptors (Lipinski definition) is 3. The van der Waals surface area contributed by atoms with E-state index in [0.29, 0.717) is 0 Å². The van der Waals surface area contributed by atoms with Gasteiger partial charge in [0.1, 0.15) is 0 Å². The first-order chi connectivity index (χ1) is 7.58. The van der Waals surface area contributed by atoms with Gasteiger partial charge in [0, 0.05) is 16.7 Å². The number of pyridine rings is 1. The minimum atomic E-state index is -3.44. The van der Waals surface area contributed by atoms with Crippen molar-refractivity contribution in [2.75, 3.05) is 0 Å². The lowest BCUT2D eigenvalue weighted by molar-refractivity contribution is 0.549. The maximum absolute atomic E-state index is 11.9. The lowest BCUT2D eigenvalue weighted by atomic mass is 10.3. The van der Waals surface area contributed by atoms with E-state index in [-0.39, 0.29) is 11.1 Å². The summed E-state index contributed by atoms with van der Waals surface area (Å²) in [6, 6.07) is 3.26. The van der Waals surface area contributed by atoms with Crippen LogP contribution in [0.3, 0.4) is 0 Å². The molecule has 1 aliphatic rings. The molecule has 0 unspecified atom stereocenters. The van der Waals surface area contributed by atoms with E-state index in [0.717, 1.165) is 30.2 Å². The van der Waals surface area contributed by atoms with Crippen LogP contribution in [0.4, 0.5) is 0 Å². The monoisotopic (exact) mass is 304 g/mol. The van der Waals surface area contributed by atoms with Crippen molar-refractivity contribution in [3.05, 3.63) is 22.8 Å². The number of rotatable bonds is 3. The van der Waals surface area contributed by atoms with Crippen LogP contribution >= 0.6 is 15.9 Å². The van der Waals surface area contributed by atoms with Gasteiger partial charge in [-0.1, -0.05) is 12.8 Å². The zero-order valence-electron chi connectivity index (χ0n) is 8.69. The summed E-state index contributed by atoms with van der Waals surface area (Å²) in [4.78, 5) is 3.89. The first-order valence-corrected chi connectivity index (χ1v) is 7.49. The van der Waals surface area contributed by atoms with Gasteiger partial charge in [0.2, 0.25) is 0 Å². The molecule has 0 spiro atoms. The molecule has 0 bridgehead atoms. The number of hydrogen-bond donors (Lipinski definition) is 1. The molecule has 0 radical (unpaired) electrons. The third-order valence-electron chi connectivity index (χ3n) is 2.65. The van der Waals surface area contributed by atoms with Gasteiger partial charge >= 0.3 is 0 Å².